The maximum Gasteiger partial charge on any atom is 0.145 e. The summed E-state index contributed by atoms with van der Waals surface area (Å²) in [4.78, 5) is 5.14. The lowest BCUT2D eigenvalue weighted by atomic mass is 9.90. The van der Waals surface area contributed by atoms with Gasteiger partial charge in [-0.1, -0.05) is 170 Å². The third-order valence-corrected chi connectivity index (χ3v) is 11.2. The van der Waals surface area contributed by atoms with Gasteiger partial charge in [-0.2, -0.15) is 0 Å². The van der Waals surface area contributed by atoms with E-state index in [1.54, 1.807) is 0 Å². The summed E-state index contributed by atoms with van der Waals surface area (Å²) in [5.74, 6) is 0.904. The summed E-state index contributed by atoms with van der Waals surface area (Å²) in [5, 5.41) is 2.17. The highest BCUT2D eigenvalue weighted by molar-refractivity contribution is 6.13. The molecule has 0 unspecified atom stereocenters. The van der Waals surface area contributed by atoms with Crippen molar-refractivity contribution in [1.82, 2.24) is 9.55 Å². The molecule has 11 rings (SSSR count). The first-order valence-corrected chi connectivity index (χ1v) is 19.7. The van der Waals surface area contributed by atoms with Gasteiger partial charge in [-0.3, -0.25) is 4.57 Å². The van der Waals surface area contributed by atoms with Crippen LogP contribution >= 0.6 is 0 Å². The SMILES string of the molecule is c1ccc(-c2ccccc2-c2ccc3oc4c(-c5ccc(-c6nc7ccccc7n6-c6ccccc6)cc5)cc(-c5ccccc5-c5ccccc5)cc4c3c2)cc1. The number of hydrogen-bond acceptors (Lipinski definition) is 2. The number of aromatic nitrogens is 2. The number of para-hydroxylation sites is 3. The zero-order chi connectivity index (χ0) is 38.4. The molecule has 2 aromatic heterocycles. The van der Waals surface area contributed by atoms with Gasteiger partial charge < -0.3 is 4.42 Å². The molecule has 0 saturated heterocycles. The molecule has 0 saturated carbocycles. The molecule has 0 bridgehead atoms. The molecule has 0 radical (unpaired) electrons. The Kier molecular flexibility index (Phi) is 8.15. The van der Waals surface area contributed by atoms with Crippen LogP contribution in [-0.2, 0) is 0 Å². The second-order valence-corrected chi connectivity index (χ2v) is 14.7. The Labute approximate surface area is 336 Å². The summed E-state index contributed by atoms with van der Waals surface area (Å²) in [7, 11) is 0. The predicted octanol–water partition coefficient (Wildman–Crippen LogP) is 14.9. The first kappa shape index (κ1) is 33.6. The van der Waals surface area contributed by atoms with Gasteiger partial charge in [0.05, 0.1) is 11.0 Å². The summed E-state index contributed by atoms with van der Waals surface area (Å²) in [6.07, 6.45) is 0. The summed E-state index contributed by atoms with van der Waals surface area (Å²) >= 11 is 0. The van der Waals surface area contributed by atoms with Crippen LogP contribution in [0.5, 0.6) is 0 Å². The van der Waals surface area contributed by atoms with Gasteiger partial charge in [0.15, 0.2) is 0 Å². The average Bonchev–Trinajstić information content (AvgIpc) is 3.88. The van der Waals surface area contributed by atoms with E-state index in [4.69, 9.17) is 9.40 Å². The van der Waals surface area contributed by atoms with Crippen LogP contribution in [0, 0.1) is 0 Å². The Morgan fingerprint density at radius 2 is 0.828 bits per heavy atom. The van der Waals surface area contributed by atoms with Gasteiger partial charge in [-0.25, -0.2) is 4.98 Å². The Morgan fingerprint density at radius 3 is 1.48 bits per heavy atom. The van der Waals surface area contributed by atoms with E-state index in [1.165, 1.54) is 33.4 Å². The Balaban J connectivity index is 1.11. The molecule has 0 aliphatic heterocycles. The molecule has 0 atom stereocenters. The van der Waals surface area contributed by atoms with Gasteiger partial charge in [-0.15, -0.1) is 0 Å². The topological polar surface area (TPSA) is 31.0 Å². The third-order valence-electron chi connectivity index (χ3n) is 11.2. The van der Waals surface area contributed by atoms with E-state index in [-0.39, 0.29) is 0 Å². The number of hydrogen-bond donors (Lipinski definition) is 0. The van der Waals surface area contributed by atoms with Crippen LogP contribution in [0.4, 0.5) is 0 Å². The van der Waals surface area contributed by atoms with Crippen LogP contribution in [0.3, 0.4) is 0 Å². The Bertz CT molecular complexity index is 3250. The quantitative estimate of drug-likeness (QED) is 0.163. The minimum Gasteiger partial charge on any atom is -0.455 e. The van der Waals surface area contributed by atoms with E-state index in [0.29, 0.717) is 0 Å². The molecule has 58 heavy (non-hydrogen) atoms. The summed E-state index contributed by atoms with van der Waals surface area (Å²) < 4.78 is 9.11. The molecule has 0 spiro atoms. The number of imidazole rings is 1. The van der Waals surface area contributed by atoms with Gasteiger partial charge in [0.1, 0.15) is 17.0 Å². The molecule has 0 aliphatic carbocycles. The van der Waals surface area contributed by atoms with Crippen LogP contribution in [-0.4, -0.2) is 9.55 Å². The van der Waals surface area contributed by atoms with Crippen molar-refractivity contribution in [3.63, 3.8) is 0 Å². The largest absolute Gasteiger partial charge is 0.455 e. The van der Waals surface area contributed by atoms with Gasteiger partial charge in [-0.05, 0) is 98.6 Å². The number of fused-ring (bicyclic) bond motifs is 4. The number of furan rings is 1. The van der Waals surface area contributed by atoms with E-state index in [2.05, 4.69) is 211 Å². The maximum absolute atomic E-state index is 6.86. The number of rotatable bonds is 7. The van der Waals surface area contributed by atoms with Crippen molar-refractivity contribution in [1.29, 1.82) is 0 Å². The highest BCUT2D eigenvalue weighted by atomic mass is 16.3. The van der Waals surface area contributed by atoms with E-state index in [0.717, 1.165) is 72.3 Å². The summed E-state index contributed by atoms with van der Waals surface area (Å²) in [5.41, 5.74) is 17.4. The van der Waals surface area contributed by atoms with Crippen molar-refractivity contribution in [3.05, 3.63) is 218 Å². The number of nitrogens with zero attached hydrogens (tertiary/aromatic N) is 2. The fourth-order valence-corrected chi connectivity index (χ4v) is 8.48. The molecular weight excluding hydrogens is 705 g/mol. The van der Waals surface area contributed by atoms with E-state index < -0.39 is 0 Å². The molecule has 3 heteroatoms. The molecular formula is C55H36N2O. The van der Waals surface area contributed by atoms with Crippen LogP contribution in [0.1, 0.15) is 0 Å². The Hall–Kier alpha value is -7.75. The first-order valence-electron chi connectivity index (χ1n) is 19.7. The second kappa shape index (κ2) is 14.1. The normalized spacial score (nSPS) is 11.4. The molecule has 0 aliphatic rings. The molecule has 0 fully saturated rings. The van der Waals surface area contributed by atoms with Crippen molar-refractivity contribution >= 4 is 33.0 Å². The van der Waals surface area contributed by atoms with E-state index in [9.17, 15) is 0 Å². The predicted molar refractivity (Wildman–Crippen MR) is 241 cm³/mol. The molecule has 11 aromatic rings. The standard InChI is InChI=1S/C55H36N2O/c1-4-16-37(17-5-1)44-22-10-12-24-46(44)41-32-33-53-49(34-41)50-36-42(47-25-13-11-23-45(47)38-18-6-2-7-19-38)35-48(54(50)58-53)39-28-30-40(31-29-39)55-56-51-26-14-15-27-52(51)57(55)43-20-8-3-9-21-43/h1-36H. The summed E-state index contributed by atoms with van der Waals surface area (Å²) in [6, 6.07) is 77.4. The number of benzene rings is 9. The van der Waals surface area contributed by atoms with Crippen molar-refractivity contribution in [2.24, 2.45) is 0 Å². The molecule has 272 valence electrons. The van der Waals surface area contributed by atoms with E-state index in [1.807, 2.05) is 12.1 Å². The van der Waals surface area contributed by atoms with Crippen molar-refractivity contribution in [3.8, 4) is 72.7 Å². The fourth-order valence-electron chi connectivity index (χ4n) is 8.48. The smallest absolute Gasteiger partial charge is 0.145 e. The minimum absolute atomic E-state index is 0.860. The van der Waals surface area contributed by atoms with Crippen LogP contribution < -0.4 is 0 Å². The highest BCUT2D eigenvalue weighted by Crippen LogP contribution is 2.44. The zero-order valence-electron chi connectivity index (χ0n) is 31.6. The molecule has 0 N–H and O–H groups in total. The van der Waals surface area contributed by atoms with Gasteiger partial charge in [0.25, 0.3) is 0 Å². The lowest BCUT2D eigenvalue weighted by molar-refractivity contribution is 0.670. The molecule has 2 heterocycles. The lowest BCUT2D eigenvalue weighted by Gasteiger charge is -2.13. The minimum atomic E-state index is 0.860. The first-order chi connectivity index (χ1) is 28.8. The Morgan fingerprint density at radius 1 is 0.345 bits per heavy atom. The van der Waals surface area contributed by atoms with Crippen molar-refractivity contribution in [2.45, 2.75) is 0 Å². The lowest BCUT2D eigenvalue weighted by Crippen LogP contribution is -1.97. The molecule has 0 amide bonds. The van der Waals surface area contributed by atoms with Crippen molar-refractivity contribution < 1.29 is 4.42 Å². The average molecular weight is 741 g/mol. The maximum atomic E-state index is 6.86. The fraction of sp³-hybridized carbons (Fsp3) is 0. The van der Waals surface area contributed by atoms with Crippen molar-refractivity contribution in [2.75, 3.05) is 0 Å². The highest BCUT2D eigenvalue weighted by Gasteiger charge is 2.20. The van der Waals surface area contributed by atoms with Crippen LogP contribution in [0.2, 0.25) is 0 Å². The van der Waals surface area contributed by atoms with Gasteiger partial charge in [0, 0.05) is 27.6 Å². The van der Waals surface area contributed by atoms with Gasteiger partial charge >= 0.3 is 0 Å². The molecule has 3 nitrogen and oxygen atoms in total. The molecule has 9 aromatic carbocycles. The second-order valence-electron chi connectivity index (χ2n) is 14.7. The van der Waals surface area contributed by atoms with Crippen LogP contribution in [0.25, 0.3) is 106 Å². The van der Waals surface area contributed by atoms with Crippen LogP contribution in [0.15, 0.2) is 223 Å². The summed E-state index contributed by atoms with van der Waals surface area (Å²) in [6.45, 7) is 0. The monoisotopic (exact) mass is 740 g/mol. The van der Waals surface area contributed by atoms with Gasteiger partial charge in [0.2, 0.25) is 0 Å². The zero-order valence-corrected chi connectivity index (χ0v) is 31.6. The third kappa shape index (κ3) is 5.80. The van der Waals surface area contributed by atoms with E-state index >= 15 is 0 Å².